The number of nitrogens with one attached hydrogen (secondary N) is 1. The van der Waals surface area contributed by atoms with Gasteiger partial charge < -0.3 is 5.32 Å². The van der Waals surface area contributed by atoms with E-state index in [1.165, 1.54) is 6.07 Å². The smallest absolute Gasteiger partial charge is 0.127 e. The Kier molecular flexibility index (Phi) is 3.70. The van der Waals surface area contributed by atoms with Crippen molar-refractivity contribution in [3.8, 4) is 0 Å². The van der Waals surface area contributed by atoms with Gasteiger partial charge in [0.25, 0.3) is 0 Å². The molecule has 1 rings (SSSR count). The Bertz CT molecular complexity index is 288. The van der Waals surface area contributed by atoms with Crippen molar-refractivity contribution in [2.75, 3.05) is 7.05 Å². The fraction of sp³-hybridized carbons (Fsp3) is 0.400. The quantitative estimate of drug-likeness (QED) is 0.793. The molecule has 1 unspecified atom stereocenters. The fourth-order valence-corrected chi connectivity index (χ4v) is 1.28. The van der Waals surface area contributed by atoms with Gasteiger partial charge in [-0.2, -0.15) is 0 Å². The average Bonchev–Trinajstić information content (AvgIpc) is 2.09. The molecular formula is C10H13ClFN. The van der Waals surface area contributed by atoms with Gasteiger partial charge in [0.15, 0.2) is 0 Å². The van der Waals surface area contributed by atoms with Gasteiger partial charge >= 0.3 is 0 Å². The molecule has 0 bridgehead atoms. The van der Waals surface area contributed by atoms with Crippen LogP contribution in [0.25, 0.3) is 0 Å². The molecule has 3 heteroatoms. The van der Waals surface area contributed by atoms with Gasteiger partial charge in [0.2, 0.25) is 0 Å². The van der Waals surface area contributed by atoms with E-state index in [2.05, 4.69) is 5.32 Å². The zero-order valence-electron chi connectivity index (χ0n) is 7.77. The largest absolute Gasteiger partial charge is 0.317 e. The lowest BCUT2D eigenvalue weighted by Gasteiger charge is -2.10. The number of hydrogen-bond donors (Lipinski definition) is 1. The Balaban J connectivity index is 2.77. The number of rotatable bonds is 3. The standard InChI is InChI=1S/C10H13ClFN/c1-7(13-2)5-8-3-4-9(11)6-10(8)12/h3-4,6-7,13H,5H2,1-2H3. The van der Waals surface area contributed by atoms with Crippen LogP contribution in [0.2, 0.25) is 5.02 Å². The van der Waals surface area contributed by atoms with Crippen molar-refractivity contribution in [1.82, 2.24) is 5.32 Å². The zero-order chi connectivity index (χ0) is 9.84. The number of hydrogen-bond acceptors (Lipinski definition) is 1. The summed E-state index contributed by atoms with van der Waals surface area (Å²) >= 11 is 5.63. The predicted molar refractivity (Wildman–Crippen MR) is 53.6 cm³/mol. The molecule has 0 aliphatic carbocycles. The summed E-state index contributed by atoms with van der Waals surface area (Å²) in [6, 6.07) is 5.06. The van der Waals surface area contributed by atoms with Crippen molar-refractivity contribution in [2.24, 2.45) is 0 Å². The number of likely N-dealkylation sites (N-methyl/N-ethyl adjacent to an activating group) is 1. The molecule has 0 amide bonds. The Labute approximate surface area is 82.9 Å². The Morgan fingerprint density at radius 2 is 2.23 bits per heavy atom. The van der Waals surface area contributed by atoms with Crippen molar-refractivity contribution in [3.05, 3.63) is 34.6 Å². The molecule has 0 aliphatic rings. The maximum absolute atomic E-state index is 13.2. The monoisotopic (exact) mass is 201 g/mol. The molecule has 0 saturated heterocycles. The van der Waals surface area contributed by atoms with E-state index in [4.69, 9.17) is 11.6 Å². The highest BCUT2D eigenvalue weighted by molar-refractivity contribution is 6.30. The van der Waals surface area contributed by atoms with Crippen LogP contribution in [0.1, 0.15) is 12.5 Å². The van der Waals surface area contributed by atoms with Crippen LogP contribution in [0.3, 0.4) is 0 Å². The van der Waals surface area contributed by atoms with E-state index in [-0.39, 0.29) is 11.9 Å². The van der Waals surface area contributed by atoms with Crippen molar-refractivity contribution >= 4 is 11.6 Å². The summed E-state index contributed by atoms with van der Waals surface area (Å²) in [5.41, 5.74) is 0.700. The Hall–Kier alpha value is -0.600. The van der Waals surface area contributed by atoms with Crippen LogP contribution in [0, 0.1) is 5.82 Å². The first-order chi connectivity index (χ1) is 6.13. The third-order valence-corrected chi connectivity index (χ3v) is 2.27. The average molecular weight is 202 g/mol. The minimum Gasteiger partial charge on any atom is -0.317 e. The third kappa shape index (κ3) is 2.98. The second kappa shape index (κ2) is 4.58. The van der Waals surface area contributed by atoms with E-state index in [1.54, 1.807) is 12.1 Å². The van der Waals surface area contributed by atoms with Crippen molar-refractivity contribution in [3.63, 3.8) is 0 Å². The van der Waals surface area contributed by atoms with Crippen LogP contribution in [0.5, 0.6) is 0 Å². The Morgan fingerprint density at radius 3 is 2.77 bits per heavy atom. The summed E-state index contributed by atoms with van der Waals surface area (Å²) in [6.07, 6.45) is 0.680. The van der Waals surface area contributed by atoms with Gasteiger partial charge in [-0.1, -0.05) is 17.7 Å². The number of halogens is 2. The van der Waals surface area contributed by atoms with Crippen LogP contribution in [0.4, 0.5) is 4.39 Å². The van der Waals surface area contributed by atoms with Crippen LogP contribution >= 0.6 is 11.6 Å². The van der Waals surface area contributed by atoms with Gasteiger partial charge in [0, 0.05) is 11.1 Å². The van der Waals surface area contributed by atoms with Crippen LogP contribution in [-0.2, 0) is 6.42 Å². The molecule has 1 N–H and O–H groups in total. The minimum absolute atomic E-state index is 0.227. The SMILES string of the molecule is CNC(C)Cc1ccc(Cl)cc1F. The summed E-state index contributed by atoms with van der Waals surface area (Å²) < 4.78 is 13.2. The molecule has 0 fully saturated rings. The molecular weight excluding hydrogens is 189 g/mol. The van der Waals surface area contributed by atoms with Gasteiger partial charge in [-0.15, -0.1) is 0 Å². The maximum atomic E-state index is 13.2. The van der Waals surface area contributed by atoms with E-state index < -0.39 is 0 Å². The van der Waals surface area contributed by atoms with E-state index in [0.717, 1.165) is 0 Å². The van der Waals surface area contributed by atoms with Crippen LogP contribution in [0.15, 0.2) is 18.2 Å². The van der Waals surface area contributed by atoms with Crippen LogP contribution < -0.4 is 5.32 Å². The van der Waals surface area contributed by atoms with Gasteiger partial charge in [0.05, 0.1) is 0 Å². The highest BCUT2D eigenvalue weighted by Crippen LogP contribution is 2.15. The normalized spacial score (nSPS) is 12.9. The summed E-state index contributed by atoms with van der Waals surface area (Å²) in [4.78, 5) is 0. The molecule has 0 saturated carbocycles. The summed E-state index contributed by atoms with van der Waals surface area (Å²) in [6.45, 7) is 2.01. The van der Waals surface area contributed by atoms with E-state index in [1.807, 2.05) is 14.0 Å². The maximum Gasteiger partial charge on any atom is 0.127 e. The minimum atomic E-state index is -0.227. The molecule has 13 heavy (non-hydrogen) atoms. The first-order valence-electron chi connectivity index (χ1n) is 4.24. The lowest BCUT2D eigenvalue weighted by atomic mass is 10.1. The molecule has 0 aliphatic heterocycles. The molecule has 72 valence electrons. The molecule has 1 nitrogen and oxygen atoms in total. The van der Waals surface area contributed by atoms with Gasteiger partial charge in [-0.25, -0.2) is 4.39 Å². The van der Waals surface area contributed by atoms with Gasteiger partial charge in [0.1, 0.15) is 5.82 Å². The van der Waals surface area contributed by atoms with E-state index in [0.29, 0.717) is 17.0 Å². The van der Waals surface area contributed by atoms with Gasteiger partial charge in [-0.3, -0.25) is 0 Å². The molecule has 1 aromatic rings. The van der Waals surface area contributed by atoms with Crippen LogP contribution in [-0.4, -0.2) is 13.1 Å². The van der Waals surface area contributed by atoms with Crippen molar-refractivity contribution in [1.29, 1.82) is 0 Å². The fourth-order valence-electron chi connectivity index (χ4n) is 1.12. The van der Waals surface area contributed by atoms with Crippen molar-refractivity contribution < 1.29 is 4.39 Å². The molecule has 1 atom stereocenters. The first kappa shape index (κ1) is 10.5. The topological polar surface area (TPSA) is 12.0 Å². The molecule has 0 aromatic heterocycles. The predicted octanol–water partition coefficient (Wildman–Crippen LogP) is 2.63. The molecule has 1 aromatic carbocycles. The lowest BCUT2D eigenvalue weighted by Crippen LogP contribution is -2.23. The summed E-state index contributed by atoms with van der Waals surface area (Å²) in [5.74, 6) is -0.227. The van der Waals surface area contributed by atoms with Gasteiger partial charge in [-0.05, 0) is 38.1 Å². The molecule has 0 spiro atoms. The highest BCUT2D eigenvalue weighted by atomic mass is 35.5. The molecule has 0 radical (unpaired) electrons. The summed E-state index contributed by atoms with van der Waals surface area (Å²) in [7, 11) is 1.86. The highest BCUT2D eigenvalue weighted by Gasteiger charge is 2.06. The third-order valence-electron chi connectivity index (χ3n) is 2.03. The number of benzene rings is 1. The van der Waals surface area contributed by atoms with E-state index in [9.17, 15) is 4.39 Å². The molecule has 0 heterocycles. The van der Waals surface area contributed by atoms with E-state index >= 15 is 0 Å². The zero-order valence-corrected chi connectivity index (χ0v) is 8.53. The second-order valence-corrected chi connectivity index (χ2v) is 3.57. The second-order valence-electron chi connectivity index (χ2n) is 3.13. The van der Waals surface area contributed by atoms with Crippen molar-refractivity contribution in [2.45, 2.75) is 19.4 Å². The summed E-state index contributed by atoms with van der Waals surface area (Å²) in [5, 5.41) is 3.50. The first-order valence-corrected chi connectivity index (χ1v) is 4.62. The lowest BCUT2D eigenvalue weighted by molar-refractivity contribution is 0.564. The Morgan fingerprint density at radius 1 is 1.54 bits per heavy atom.